The number of para-hydroxylation sites is 1. The first-order valence-electron chi connectivity index (χ1n) is 9.07. The van der Waals surface area contributed by atoms with Crippen LogP contribution in [0.25, 0.3) is 0 Å². The molecule has 6 nitrogen and oxygen atoms in total. The highest BCUT2D eigenvalue weighted by Gasteiger charge is 2.43. The van der Waals surface area contributed by atoms with E-state index in [9.17, 15) is 19.1 Å². The van der Waals surface area contributed by atoms with Crippen LogP contribution >= 0.6 is 11.3 Å². The van der Waals surface area contributed by atoms with Crippen molar-refractivity contribution >= 4 is 23.2 Å². The Morgan fingerprint density at radius 3 is 2.75 bits per heavy atom. The van der Waals surface area contributed by atoms with Gasteiger partial charge in [0.1, 0.15) is 10.5 Å². The third kappa shape index (κ3) is 3.06. The fraction of sp³-hybridized carbons (Fsp3) is 0.400. The molecule has 8 heteroatoms. The Morgan fingerprint density at radius 2 is 2.07 bits per heavy atom. The van der Waals surface area contributed by atoms with Crippen molar-refractivity contribution in [2.75, 3.05) is 26.8 Å². The predicted molar refractivity (Wildman–Crippen MR) is 101 cm³/mol. The lowest BCUT2D eigenvalue weighted by molar-refractivity contribution is -0.0906. The summed E-state index contributed by atoms with van der Waals surface area (Å²) in [5, 5.41) is 9.31. The van der Waals surface area contributed by atoms with Crippen molar-refractivity contribution in [2.45, 2.75) is 24.9 Å². The summed E-state index contributed by atoms with van der Waals surface area (Å²) in [5.74, 6) is -1.82. The number of piperidine rings is 1. The Hall–Kier alpha value is -2.45. The average molecular weight is 405 g/mol. The summed E-state index contributed by atoms with van der Waals surface area (Å²) in [7, 11) is 1.34. The van der Waals surface area contributed by atoms with Crippen LogP contribution in [-0.2, 0) is 16.8 Å². The number of thiophene rings is 1. The number of hydrogen-bond donors (Lipinski definition) is 1. The summed E-state index contributed by atoms with van der Waals surface area (Å²) >= 11 is 1.27. The van der Waals surface area contributed by atoms with E-state index in [1.165, 1.54) is 30.6 Å². The van der Waals surface area contributed by atoms with E-state index < -0.39 is 17.4 Å². The molecule has 1 fully saturated rings. The van der Waals surface area contributed by atoms with Crippen LogP contribution in [-0.4, -0.2) is 48.7 Å². The molecule has 1 aromatic carbocycles. The van der Waals surface area contributed by atoms with Gasteiger partial charge >= 0.3 is 5.97 Å². The molecule has 0 radical (unpaired) electrons. The number of ether oxygens (including phenoxy) is 2. The van der Waals surface area contributed by atoms with E-state index in [1.54, 1.807) is 17.0 Å². The first kappa shape index (κ1) is 18.9. The topological polar surface area (TPSA) is 76.1 Å². The zero-order valence-corrected chi connectivity index (χ0v) is 16.2. The Labute approximate surface area is 165 Å². The number of benzene rings is 1. The van der Waals surface area contributed by atoms with Gasteiger partial charge < -0.3 is 19.5 Å². The number of halogens is 1. The number of rotatable bonds is 3. The molecule has 2 aliphatic heterocycles. The van der Waals surface area contributed by atoms with Crippen LogP contribution in [0.3, 0.4) is 0 Å². The largest absolute Gasteiger partial charge is 0.493 e. The van der Waals surface area contributed by atoms with E-state index in [2.05, 4.69) is 0 Å². The first-order valence-corrected chi connectivity index (χ1v) is 9.89. The molecule has 1 spiro atoms. The van der Waals surface area contributed by atoms with Crippen molar-refractivity contribution in [3.05, 3.63) is 51.0 Å². The van der Waals surface area contributed by atoms with E-state index >= 15 is 0 Å². The van der Waals surface area contributed by atoms with Crippen molar-refractivity contribution in [2.24, 2.45) is 0 Å². The third-order valence-electron chi connectivity index (χ3n) is 5.44. The number of carboxylic acid groups (broad SMARTS) is 1. The molecule has 1 aromatic heterocycles. The summed E-state index contributed by atoms with van der Waals surface area (Å²) in [6.07, 6.45) is 1.84. The summed E-state index contributed by atoms with van der Waals surface area (Å²) in [6, 6.07) is 6.05. The molecule has 0 aliphatic carbocycles. The lowest BCUT2D eigenvalue weighted by Gasteiger charge is -2.43. The number of fused-ring (bicyclic) bond motifs is 2. The fourth-order valence-electron chi connectivity index (χ4n) is 4.02. The van der Waals surface area contributed by atoms with E-state index in [4.69, 9.17) is 9.47 Å². The van der Waals surface area contributed by atoms with E-state index in [0.717, 1.165) is 10.4 Å². The van der Waals surface area contributed by atoms with Crippen molar-refractivity contribution < 1.29 is 28.6 Å². The Morgan fingerprint density at radius 1 is 1.32 bits per heavy atom. The van der Waals surface area contributed by atoms with Gasteiger partial charge in [0, 0.05) is 18.0 Å². The minimum atomic E-state index is -0.930. The van der Waals surface area contributed by atoms with Gasteiger partial charge in [0.25, 0.3) is 5.91 Å². The first-order chi connectivity index (χ1) is 13.4. The zero-order valence-electron chi connectivity index (χ0n) is 15.4. The fourth-order valence-corrected chi connectivity index (χ4v) is 5.27. The van der Waals surface area contributed by atoms with Gasteiger partial charge in [-0.25, -0.2) is 9.18 Å². The molecule has 1 N–H and O–H groups in total. The van der Waals surface area contributed by atoms with E-state index in [0.29, 0.717) is 43.8 Å². The molecule has 3 heterocycles. The summed E-state index contributed by atoms with van der Waals surface area (Å²) in [5.41, 5.74) is 0.683. The number of amides is 1. The van der Waals surface area contributed by atoms with Crippen LogP contribution in [0.2, 0.25) is 0 Å². The number of aromatic carboxylic acids is 1. The Balaban J connectivity index is 1.55. The van der Waals surface area contributed by atoms with Crippen LogP contribution in [0.1, 0.15) is 43.3 Å². The number of hydrogen-bond acceptors (Lipinski definition) is 5. The smallest absolute Gasteiger partial charge is 0.345 e. The van der Waals surface area contributed by atoms with Gasteiger partial charge in [-0.3, -0.25) is 4.79 Å². The highest BCUT2D eigenvalue weighted by Crippen LogP contribution is 2.45. The maximum Gasteiger partial charge on any atom is 0.345 e. The second-order valence-corrected chi connectivity index (χ2v) is 8.03. The summed E-state index contributed by atoms with van der Waals surface area (Å²) < 4.78 is 25.1. The van der Waals surface area contributed by atoms with Crippen molar-refractivity contribution in [1.82, 2.24) is 4.90 Å². The van der Waals surface area contributed by atoms with Gasteiger partial charge in [-0.05, 0) is 43.0 Å². The molecule has 0 bridgehead atoms. The quantitative estimate of drug-likeness (QED) is 0.848. The van der Waals surface area contributed by atoms with Gasteiger partial charge in [-0.15, -0.1) is 11.3 Å². The molecule has 4 rings (SSSR count). The average Bonchev–Trinajstić information content (AvgIpc) is 3.14. The summed E-state index contributed by atoms with van der Waals surface area (Å²) in [4.78, 5) is 27.2. The van der Waals surface area contributed by atoms with Crippen LogP contribution in [0, 0.1) is 5.82 Å². The van der Waals surface area contributed by atoms with Crippen molar-refractivity contribution in [3.8, 4) is 5.75 Å². The van der Waals surface area contributed by atoms with Crippen molar-refractivity contribution in [3.63, 3.8) is 0 Å². The van der Waals surface area contributed by atoms with Gasteiger partial charge in [-0.2, -0.15) is 0 Å². The van der Waals surface area contributed by atoms with Gasteiger partial charge in [0.2, 0.25) is 0 Å². The van der Waals surface area contributed by atoms with Gasteiger partial charge in [-0.1, -0.05) is 6.07 Å². The molecular formula is C20H20FNO5S. The Kier molecular flexibility index (Phi) is 4.84. The normalized spacial score (nSPS) is 18.0. The van der Waals surface area contributed by atoms with Gasteiger partial charge in [0.15, 0.2) is 11.6 Å². The third-order valence-corrected chi connectivity index (χ3v) is 6.79. The number of nitrogens with zero attached hydrogens (tertiary/aromatic N) is 1. The minimum Gasteiger partial charge on any atom is -0.493 e. The molecule has 0 atom stereocenters. The van der Waals surface area contributed by atoms with E-state index in [1.807, 2.05) is 0 Å². The van der Waals surface area contributed by atoms with E-state index in [-0.39, 0.29) is 17.2 Å². The standard InChI is InChI=1S/C20H20FNO5S/c1-26-16-13(3-2-4-14(16)21)18(23)22-8-6-20(7-9-22)17-12(5-10-27-20)11-15(28-17)19(24)25/h2-4,11H,5-10H2,1H3,(H,24,25). The SMILES string of the molecule is COc1c(F)cccc1C(=O)N1CCC2(CC1)OCCc1cc(C(=O)O)sc12. The monoisotopic (exact) mass is 405 g/mol. The zero-order chi connectivity index (χ0) is 19.9. The highest BCUT2D eigenvalue weighted by atomic mass is 32.1. The molecule has 1 amide bonds. The maximum atomic E-state index is 13.9. The minimum absolute atomic E-state index is 0.0478. The molecular weight excluding hydrogens is 385 g/mol. The molecule has 0 unspecified atom stereocenters. The molecule has 2 aromatic rings. The number of carbonyl (C=O) groups excluding carboxylic acids is 1. The lowest BCUT2D eigenvalue weighted by atomic mass is 9.85. The molecule has 28 heavy (non-hydrogen) atoms. The number of carbonyl (C=O) groups is 2. The number of likely N-dealkylation sites (tertiary alicyclic amines) is 1. The van der Waals surface area contributed by atoms with Gasteiger partial charge in [0.05, 0.1) is 19.3 Å². The maximum absolute atomic E-state index is 13.9. The molecule has 1 saturated heterocycles. The second-order valence-electron chi connectivity index (χ2n) is 6.98. The number of carboxylic acids is 1. The molecule has 148 valence electrons. The van der Waals surface area contributed by atoms with Crippen LogP contribution in [0.15, 0.2) is 24.3 Å². The number of methoxy groups -OCH3 is 1. The highest BCUT2D eigenvalue weighted by molar-refractivity contribution is 7.14. The molecule has 0 saturated carbocycles. The second kappa shape index (κ2) is 7.18. The van der Waals surface area contributed by atoms with Crippen LogP contribution in [0.4, 0.5) is 4.39 Å². The predicted octanol–water partition coefficient (Wildman–Crippen LogP) is 3.30. The Bertz CT molecular complexity index is 933. The van der Waals surface area contributed by atoms with Crippen LogP contribution < -0.4 is 4.74 Å². The summed E-state index contributed by atoms with van der Waals surface area (Å²) in [6.45, 7) is 1.42. The lowest BCUT2D eigenvalue weighted by Crippen LogP contribution is -2.48. The van der Waals surface area contributed by atoms with Crippen molar-refractivity contribution in [1.29, 1.82) is 0 Å². The molecule has 2 aliphatic rings. The van der Waals surface area contributed by atoms with Crippen LogP contribution in [0.5, 0.6) is 5.75 Å².